The summed E-state index contributed by atoms with van der Waals surface area (Å²) in [6.45, 7) is 6.62. The maximum absolute atomic E-state index is 10.3. The van der Waals surface area contributed by atoms with Crippen molar-refractivity contribution in [3.63, 3.8) is 0 Å². The smallest absolute Gasteiger partial charge is 0.331 e. The van der Waals surface area contributed by atoms with Crippen molar-refractivity contribution in [2.24, 2.45) is 0 Å². The molecule has 0 radical (unpaired) electrons. The van der Waals surface area contributed by atoms with E-state index in [0.29, 0.717) is 0 Å². The monoisotopic (exact) mass is 156 g/mol. The molecule has 0 aliphatic heterocycles. The predicted molar refractivity (Wildman–Crippen MR) is 42.1 cm³/mol. The number of aliphatic carboxylic acids is 1. The maximum Gasteiger partial charge on any atom is 0.331 e. The third-order valence-corrected chi connectivity index (χ3v) is 1.13. The summed E-state index contributed by atoms with van der Waals surface area (Å²) in [4.78, 5) is 10.3. The Morgan fingerprint density at radius 2 is 2.27 bits per heavy atom. The molecule has 0 fully saturated rings. The Labute approximate surface area is 66.0 Å². The lowest BCUT2D eigenvalue weighted by Crippen LogP contribution is -2.04. The van der Waals surface area contributed by atoms with Crippen molar-refractivity contribution in [1.82, 2.24) is 0 Å². The zero-order chi connectivity index (χ0) is 8.85. The zero-order valence-electron chi connectivity index (χ0n) is 6.70. The number of hydrogen-bond acceptors (Lipinski definition) is 2. The van der Waals surface area contributed by atoms with E-state index >= 15 is 0 Å². The molecule has 0 aromatic heterocycles. The third kappa shape index (κ3) is 4.19. The average molecular weight is 156 g/mol. The number of ether oxygens (including phenoxy) is 1. The minimum absolute atomic E-state index is 0.233. The summed E-state index contributed by atoms with van der Waals surface area (Å²) in [5.74, 6) is -0.926. The summed E-state index contributed by atoms with van der Waals surface area (Å²) >= 11 is 0. The molecule has 1 N–H and O–H groups in total. The van der Waals surface area contributed by atoms with Crippen LogP contribution < -0.4 is 0 Å². The number of carboxylic acids is 1. The molecular weight excluding hydrogens is 144 g/mol. The lowest BCUT2D eigenvalue weighted by Gasteiger charge is -2.05. The van der Waals surface area contributed by atoms with E-state index in [0.717, 1.165) is 0 Å². The van der Waals surface area contributed by atoms with Crippen molar-refractivity contribution < 1.29 is 14.6 Å². The maximum atomic E-state index is 10.3. The van der Waals surface area contributed by atoms with E-state index in [-0.39, 0.29) is 11.7 Å². The molecule has 0 saturated heterocycles. The minimum atomic E-state index is -0.926. The Kier molecular flexibility index (Phi) is 4.03. The van der Waals surface area contributed by atoms with Crippen LogP contribution in [0.2, 0.25) is 0 Å². The third-order valence-electron chi connectivity index (χ3n) is 1.13. The van der Waals surface area contributed by atoms with Crippen molar-refractivity contribution >= 4 is 5.97 Å². The summed E-state index contributed by atoms with van der Waals surface area (Å²) in [5.41, 5.74) is 0.277. The van der Waals surface area contributed by atoms with Crippen molar-refractivity contribution in [3.05, 3.63) is 24.5 Å². The second-order valence-electron chi connectivity index (χ2n) is 2.16. The fourth-order valence-electron chi connectivity index (χ4n) is 0.614. The van der Waals surface area contributed by atoms with E-state index in [1.54, 1.807) is 6.92 Å². The molecule has 1 atom stereocenters. The molecule has 62 valence electrons. The molecule has 0 amide bonds. The summed E-state index contributed by atoms with van der Waals surface area (Å²) in [7, 11) is 0. The van der Waals surface area contributed by atoms with E-state index in [2.05, 4.69) is 6.58 Å². The van der Waals surface area contributed by atoms with Gasteiger partial charge in [-0.2, -0.15) is 0 Å². The van der Waals surface area contributed by atoms with Crippen LogP contribution in [-0.2, 0) is 9.53 Å². The second-order valence-corrected chi connectivity index (χ2v) is 2.16. The molecule has 0 aromatic rings. The van der Waals surface area contributed by atoms with Crippen LogP contribution in [-0.4, -0.2) is 17.2 Å². The Bertz CT molecular complexity index is 182. The molecule has 0 aromatic carbocycles. The van der Waals surface area contributed by atoms with Gasteiger partial charge in [0, 0.05) is 5.57 Å². The summed E-state index contributed by atoms with van der Waals surface area (Å²) < 4.78 is 4.89. The molecule has 0 heterocycles. The van der Waals surface area contributed by atoms with Crippen LogP contribution in [0.25, 0.3) is 0 Å². The first-order chi connectivity index (χ1) is 5.07. The summed E-state index contributed by atoms with van der Waals surface area (Å²) in [6, 6.07) is 0. The second kappa shape index (κ2) is 4.55. The van der Waals surface area contributed by atoms with Gasteiger partial charge in [-0.15, -0.1) is 0 Å². The lowest BCUT2D eigenvalue weighted by atomic mass is 10.2. The predicted octanol–water partition coefficient (Wildman–Crippen LogP) is 1.57. The quantitative estimate of drug-likeness (QED) is 0.496. The van der Waals surface area contributed by atoms with Crippen LogP contribution in [0, 0.1) is 0 Å². The number of rotatable bonds is 4. The molecule has 11 heavy (non-hydrogen) atoms. The van der Waals surface area contributed by atoms with Gasteiger partial charge in [0.05, 0.1) is 6.26 Å². The average Bonchev–Trinajstić information content (AvgIpc) is 1.87. The van der Waals surface area contributed by atoms with Crippen LogP contribution in [0.1, 0.15) is 13.8 Å². The van der Waals surface area contributed by atoms with Crippen molar-refractivity contribution in [2.45, 2.75) is 20.0 Å². The van der Waals surface area contributed by atoms with Gasteiger partial charge in [-0.25, -0.2) is 4.79 Å². The van der Waals surface area contributed by atoms with Gasteiger partial charge in [0.1, 0.15) is 6.10 Å². The lowest BCUT2D eigenvalue weighted by molar-refractivity contribution is -0.132. The number of hydrogen-bond donors (Lipinski definition) is 1. The van der Waals surface area contributed by atoms with E-state index in [4.69, 9.17) is 9.84 Å². The highest BCUT2D eigenvalue weighted by Gasteiger charge is 2.02. The van der Waals surface area contributed by atoms with Gasteiger partial charge < -0.3 is 9.84 Å². The molecule has 0 aliphatic rings. The van der Waals surface area contributed by atoms with Gasteiger partial charge in [0.15, 0.2) is 0 Å². The largest absolute Gasteiger partial charge is 0.495 e. The molecule has 3 heteroatoms. The first-order valence-corrected chi connectivity index (χ1v) is 3.26. The topological polar surface area (TPSA) is 46.5 Å². The SMILES string of the molecule is C=COC(C)/C=C(/C)C(=O)O. The first kappa shape index (κ1) is 9.75. The molecule has 1 unspecified atom stereocenters. The summed E-state index contributed by atoms with van der Waals surface area (Å²) in [6.07, 6.45) is 2.57. The van der Waals surface area contributed by atoms with E-state index in [1.807, 2.05) is 0 Å². The van der Waals surface area contributed by atoms with Crippen molar-refractivity contribution in [3.8, 4) is 0 Å². The highest BCUT2D eigenvalue weighted by atomic mass is 16.5. The van der Waals surface area contributed by atoms with Crippen LogP contribution >= 0.6 is 0 Å². The normalized spacial score (nSPS) is 13.8. The zero-order valence-corrected chi connectivity index (χ0v) is 6.70. The molecular formula is C8H12O3. The fourth-order valence-corrected chi connectivity index (χ4v) is 0.614. The molecule has 0 saturated carbocycles. The van der Waals surface area contributed by atoms with Gasteiger partial charge in [0.2, 0.25) is 0 Å². The van der Waals surface area contributed by atoms with Crippen LogP contribution in [0.15, 0.2) is 24.5 Å². The van der Waals surface area contributed by atoms with Crippen LogP contribution in [0.5, 0.6) is 0 Å². The van der Waals surface area contributed by atoms with E-state index in [9.17, 15) is 4.79 Å². The fraction of sp³-hybridized carbons (Fsp3) is 0.375. The Morgan fingerprint density at radius 1 is 1.73 bits per heavy atom. The minimum Gasteiger partial charge on any atom is -0.495 e. The van der Waals surface area contributed by atoms with Crippen molar-refractivity contribution in [1.29, 1.82) is 0 Å². The van der Waals surface area contributed by atoms with Gasteiger partial charge in [0.25, 0.3) is 0 Å². The Hall–Kier alpha value is -1.25. The van der Waals surface area contributed by atoms with Gasteiger partial charge in [-0.05, 0) is 19.9 Å². The highest BCUT2D eigenvalue weighted by molar-refractivity contribution is 5.85. The Balaban J connectivity index is 4.06. The highest BCUT2D eigenvalue weighted by Crippen LogP contribution is 1.99. The van der Waals surface area contributed by atoms with E-state index < -0.39 is 5.97 Å². The van der Waals surface area contributed by atoms with Gasteiger partial charge in [-0.1, -0.05) is 6.58 Å². The summed E-state index contributed by atoms with van der Waals surface area (Å²) in [5, 5.41) is 8.45. The molecule has 0 rings (SSSR count). The number of carbonyl (C=O) groups is 1. The molecule has 0 spiro atoms. The Morgan fingerprint density at radius 3 is 2.64 bits per heavy atom. The van der Waals surface area contributed by atoms with Gasteiger partial charge >= 0.3 is 5.97 Å². The number of carboxylic acid groups (broad SMARTS) is 1. The molecule has 0 bridgehead atoms. The van der Waals surface area contributed by atoms with Gasteiger partial charge in [-0.3, -0.25) is 0 Å². The van der Waals surface area contributed by atoms with Crippen LogP contribution in [0.3, 0.4) is 0 Å². The molecule has 0 aliphatic carbocycles. The van der Waals surface area contributed by atoms with E-state index in [1.165, 1.54) is 19.3 Å². The van der Waals surface area contributed by atoms with Crippen LogP contribution in [0.4, 0.5) is 0 Å². The van der Waals surface area contributed by atoms with Crippen molar-refractivity contribution in [2.75, 3.05) is 0 Å². The molecule has 3 nitrogen and oxygen atoms in total. The first-order valence-electron chi connectivity index (χ1n) is 3.26. The standard InChI is InChI=1S/C8H12O3/c1-4-11-7(3)5-6(2)8(9)10/h4-5,7H,1H2,2-3H3,(H,9,10)/b6-5-.